The Morgan fingerprint density at radius 2 is 1.88 bits per heavy atom. The Kier molecular flexibility index (Phi) is 8.08. The number of ketones is 1. The number of imidazole rings is 1. The van der Waals surface area contributed by atoms with Crippen molar-refractivity contribution in [1.29, 1.82) is 0 Å². The van der Waals surface area contributed by atoms with E-state index in [1.54, 1.807) is 63.6 Å². The highest BCUT2D eigenvalue weighted by Gasteiger charge is 2.35. The number of aromatic nitrogens is 3. The summed E-state index contributed by atoms with van der Waals surface area (Å²) < 4.78 is 36.8. The SMILES string of the molecule is Cc1cc(Nc2nccn3c(-c4ccc(OC(F)F)cc4)cnc23)ccc1C(=O)C1CNCCN1C(=O)OC(C)(C)C. The number of carbonyl (C=O) groups is 2. The number of carbonyl (C=O) groups excluding carboxylic acids is 2. The smallest absolute Gasteiger partial charge is 0.411 e. The van der Waals surface area contributed by atoms with Crippen LogP contribution in [0.15, 0.2) is 61.1 Å². The molecule has 2 N–H and O–H groups in total. The lowest BCUT2D eigenvalue weighted by molar-refractivity contribution is -0.0498. The van der Waals surface area contributed by atoms with Gasteiger partial charge >= 0.3 is 12.7 Å². The van der Waals surface area contributed by atoms with Crippen molar-refractivity contribution in [2.75, 3.05) is 25.0 Å². The number of alkyl halides is 2. The summed E-state index contributed by atoms with van der Waals surface area (Å²) in [5.74, 6) is 0.397. The molecular formula is C30H32F2N6O4. The average molecular weight is 579 g/mol. The van der Waals surface area contributed by atoms with Gasteiger partial charge in [0.1, 0.15) is 17.4 Å². The molecule has 1 fully saturated rings. The Bertz CT molecular complexity index is 1600. The number of nitrogens with zero attached hydrogens (tertiary/aromatic N) is 4. The van der Waals surface area contributed by atoms with Crippen molar-refractivity contribution in [3.8, 4) is 17.0 Å². The predicted molar refractivity (Wildman–Crippen MR) is 153 cm³/mol. The van der Waals surface area contributed by atoms with E-state index in [4.69, 9.17) is 4.74 Å². The molecule has 42 heavy (non-hydrogen) atoms. The molecule has 4 aromatic rings. The molecule has 1 unspecified atom stereocenters. The summed E-state index contributed by atoms with van der Waals surface area (Å²) in [6.07, 6.45) is 4.55. The highest BCUT2D eigenvalue weighted by molar-refractivity contribution is 6.03. The van der Waals surface area contributed by atoms with E-state index in [2.05, 4.69) is 25.3 Å². The molecule has 1 aliphatic rings. The molecule has 0 saturated carbocycles. The zero-order chi connectivity index (χ0) is 30.0. The largest absolute Gasteiger partial charge is 0.444 e. The van der Waals surface area contributed by atoms with Gasteiger partial charge < -0.3 is 20.1 Å². The van der Waals surface area contributed by atoms with Crippen LogP contribution in [-0.4, -0.2) is 69.0 Å². The molecule has 0 radical (unpaired) electrons. The van der Waals surface area contributed by atoms with Gasteiger partial charge in [0.15, 0.2) is 17.2 Å². The van der Waals surface area contributed by atoms with Crippen LogP contribution in [0.3, 0.4) is 0 Å². The summed E-state index contributed by atoms with van der Waals surface area (Å²) in [7, 11) is 0. The van der Waals surface area contributed by atoms with Crippen LogP contribution in [0.25, 0.3) is 16.9 Å². The number of nitrogens with one attached hydrogen (secondary N) is 2. The highest BCUT2D eigenvalue weighted by Crippen LogP contribution is 2.28. The molecule has 1 aliphatic heterocycles. The lowest BCUT2D eigenvalue weighted by Gasteiger charge is -2.36. The molecule has 2 aromatic carbocycles. The van der Waals surface area contributed by atoms with Crippen LogP contribution >= 0.6 is 0 Å². The van der Waals surface area contributed by atoms with Gasteiger partial charge in [0.2, 0.25) is 0 Å². The van der Waals surface area contributed by atoms with Crippen molar-refractivity contribution in [2.45, 2.75) is 45.9 Å². The van der Waals surface area contributed by atoms with Gasteiger partial charge in [-0.2, -0.15) is 8.78 Å². The summed E-state index contributed by atoms with van der Waals surface area (Å²) in [5, 5.41) is 6.48. The first-order valence-electron chi connectivity index (χ1n) is 13.5. The minimum absolute atomic E-state index is 0.0705. The van der Waals surface area contributed by atoms with E-state index in [-0.39, 0.29) is 11.5 Å². The monoisotopic (exact) mass is 578 g/mol. The summed E-state index contributed by atoms with van der Waals surface area (Å²) in [4.78, 5) is 36.9. The van der Waals surface area contributed by atoms with Crippen molar-refractivity contribution >= 4 is 29.0 Å². The van der Waals surface area contributed by atoms with E-state index in [0.29, 0.717) is 42.4 Å². The van der Waals surface area contributed by atoms with Crippen molar-refractivity contribution in [3.05, 3.63) is 72.2 Å². The normalized spacial score (nSPS) is 15.6. The second-order valence-electron chi connectivity index (χ2n) is 10.9. The maximum atomic E-state index is 13.6. The van der Waals surface area contributed by atoms with Crippen molar-refractivity contribution in [1.82, 2.24) is 24.6 Å². The first-order chi connectivity index (χ1) is 20.0. The number of fused-ring (bicyclic) bond motifs is 1. The fourth-order valence-corrected chi connectivity index (χ4v) is 4.84. The minimum Gasteiger partial charge on any atom is -0.444 e. The lowest BCUT2D eigenvalue weighted by Crippen LogP contribution is -2.57. The Balaban J connectivity index is 1.35. The third kappa shape index (κ3) is 6.33. The summed E-state index contributed by atoms with van der Waals surface area (Å²) in [6.45, 7) is 5.64. The molecule has 12 heteroatoms. The second kappa shape index (κ2) is 11.7. The quantitative estimate of drug-likeness (QED) is 0.279. The topological polar surface area (TPSA) is 110 Å². The predicted octanol–water partition coefficient (Wildman–Crippen LogP) is 5.44. The molecule has 3 heterocycles. The first-order valence-corrected chi connectivity index (χ1v) is 13.5. The number of Topliss-reactive ketones (excluding diaryl/α,β-unsaturated/α-hetero) is 1. The van der Waals surface area contributed by atoms with Crippen molar-refractivity contribution < 1.29 is 27.8 Å². The molecular weight excluding hydrogens is 546 g/mol. The number of aryl methyl sites for hydroxylation is 1. The van der Waals surface area contributed by atoms with Crippen LogP contribution < -0.4 is 15.4 Å². The average Bonchev–Trinajstić information content (AvgIpc) is 3.37. The molecule has 5 rings (SSSR count). The van der Waals surface area contributed by atoms with E-state index in [9.17, 15) is 18.4 Å². The minimum atomic E-state index is -2.89. The van der Waals surface area contributed by atoms with E-state index >= 15 is 0 Å². The number of hydrogen-bond donors (Lipinski definition) is 2. The van der Waals surface area contributed by atoms with E-state index in [1.807, 2.05) is 17.4 Å². The number of amides is 1. The summed E-state index contributed by atoms with van der Waals surface area (Å²) in [5.41, 5.74) is 3.34. The molecule has 1 amide bonds. The van der Waals surface area contributed by atoms with Crippen molar-refractivity contribution in [3.63, 3.8) is 0 Å². The number of anilines is 2. The van der Waals surface area contributed by atoms with Gasteiger partial charge in [0.05, 0.1) is 11.9 Å². The van der Waals surface area contributed by atoms with Crippen LogP contribution in [-0.2, 0) is 4.74 Å². The number of rotatable bonds is 7. The molecule has 220 valence electrons. The fraction of sp³-hybridized carbons (Fsp3) is 0.333. The van der Waals surface area contributed by atoms with Gasteiger partial charge in [0, 0.05) is 48.8 Å². The van der Waals surface area contributed by atoms with Gasteiger partial charge in [-0.3, -0.25) is 14.1 Å². The maximum absolute atomic E-state index is 13.6. The Hall–Kier alpha value is -4.58. The first kappa shape index (κ1) is 28.9. The zero-order valence-electron chi connectivity index (χ0n) is 23.7. The number of benzene rings is 2. The van der Waals surface area contributed by atoms with Gasteiger partial charge in [-0.05, 0) is 75.7 Å². The Morgan fingerprint density at radius 3 is 2.57 bits per heavy atom. The molecule has 1 atom stereocenters. The second-order valence-corrected chi connectivity index (χ2v) is 10.9. The molecule has 0 aliphatic carbocycles. The van der Waals surface area contributed by atoms with Crippen LogP contribution in [0.1, 0.15) is 36.7 Å². The van der Waals surface area contributed by atoms with E-state index in [1.165, 1.54) is 17.0 Å². The standard InChI is InChI=1S/C30H32F2N6O4/c1-18-15-20(7-10-22(18)25(39)24-16-33-11-13-38(24)29(40)42-30(2,3)4)36-26-27-35-17-23(37(27)14-12-34-26)19-5-8-21(9-6-19)41-28(31)32/h5-10,12,14-15,17,24,28,33H,11,13,16H2,1-4H3,(H,34,36). The van der Waals surface area contributed by atoms with Crippen molar-refractivity contribution in [2.24, 2.45) is 0 Å². The van der Waals surface area contributed by atoms with Gasteiger partial charge in [-0.1, -0.05) is 0 Å². The van der Waals surface area contributed by atoms with Crippen LogP contribution in [0.2, 0.25) is 0 Å². The van der Waals surface area contributed by atoms with Gasteiger partial charge in [0.25, 0.3) is 0 Å². The highest BCUT2D eigenvalue weighted by atomic mass is 19.3. The van der Waals surface area contributed by atoms with E-state index in [0.717, 1.165) is 16.8 Å². The molecule has 1 saturated heterocycles. The zero-order valence-corrected chi connectivity index (χ0v) is 23.7. The lowest BCUT2D eigenvalue weighted by atomic mass is 9.97. The number of ether oxygens (including phenoxy) is 2. The third-order valence-corrected chi connectivity index (χ3v) is 6.73. The summed E-state index contributed by atoms with van der Waals surface area (Å²) >= 11 is 0. The van der Waals surface area contributed by atoms with Gasteiger partial charge in [-0.15, -0.1) is 0 Å². The fourth-order valence-electron chi connectivity index (χ4n) is 4.84. The summed E-state index contributed by atoms with van der Waals surface area (Å²) in [6, 6.07) is 11.0. The maximum Gasteiger partial charge on any atom is 0.411 e. The Labute approximate surface area is 241 Å². The molecule has 10 nitrogen and oxygen atoms in total. The number of piperazine rings is 1. The Morgan fingerprint density at radius 1 is 1.12 bits per heavy atom. The molecule has 0 spiro atoms. The van der Waals surface area contributed by atoms with Crippen LogP contribution in [0.5, 0.6) is 5.75 Å². The van der Waals surface area contributed by atoms with Crippen LogP contribution in [0, 0.1) is 6.92 Å². The third-order valence-electron chi connectivity index (χ3n) is 6.73. The molecule has 2 aromatic heterocycles. The van der Waals surface area contributed by atoms with Gasteiger partial charge in [-0.25, -0.2) is 14.8 Å². The van der Waals surface area contributed by atoms with Crippen LogP contribution in [0.4, 0.5) is 25.1 Å². The number of hydrogen-bond acceptors (Lipinski definition) is 8. The number of halogens is 2. The molecule has 0 bridgehead atoms. The van der Waals surface area contributed by atoms with E-state index < -0.39 is 24.3 Å².